The van der Waals surface area contributed by atoms with Gasteiger partial charge in [-0.15, -0.1) is 0 Å². The fraction of sp³-hybridized carbons (Fsp3) is 0.0833. The Morgan fingerprint density at radius 2 is 1.50 bits per heavy atom. The lowest BCUT2D eigenvalue weighted by atomic mass is 10.1. The molecule has 0 bridgehead atoms. The second-order valence-electron chi connectivity index (χ2n) is 6.67. The van der Waals surface area contributed by atoms with Crippen molar-refractivity contribution in [1.29, 1.82) is 0 Å². The summed E-state index contributed by atoms with van der Waals surface area (Å²) in [5.41, 5.74) is 6.95. The summed E-state index contributed by atoms with van der Waals surface area (Å²) in [4.78, 5) is 12.1. The molecule has 1 N–H and O–H groups in total. The Morgan fingerprint density at radius 3 is 2.25 bits per heavy atom. The van der Waals surface area contributed by atoms with Crippen LogP contribution in [0.2, 0.25) is 0 Å². The molecule has 0 aliphatic heterocycles. The largest absolute Gasteiger partial charge is 0.342 e. The van der Waals surface area contributed by atoms with Gasteiger partial charge >= 0.3 is 0 Å². The van der Waals surface area contributed by atoms with E-state index in [-0.39, 0.29) is 5.91 Å². The van der Waals surface area contributed by atoms with Crippen LogP contribution in [0.25, 0.3) is 10.9 Å². The molecule has 1 aromatic heterocycles. The molecule has 0 saturated heterocycles. The molecule has 4 rings (SSSR count). The second-order valence-corrected chi connectivity index (χ2v) is 6.67. The van der Waals surface area contributed by atoms with Crippen LogP contribution in [0.3, 0.4) is 0 Å². The van der Waals surface area contributed by atoms with Gasteiger partial charge in [0.1, 0.15) is 0 Å². The Morgan fingerprint density at radius 1 is 0.857 bits per heavy atom. The third kappa shape index (κ3) is 4.18. The average molecular weight is 367 g/mol. The topological polar surface area (TPSA) is 46.4 Å². The van der Waals surface area contributed by atoms with Crippen molar-refractivity contribution in [3.05, 3.63) is 108 Å². The van der Waals surface area contributed by atoms with Crippen LogP contribution in [-0.2, 0) is 17.8 Å². The Bertz CT molecular complexity index is 1100. The molecule has 0 unspecified atom stereocenters. The van der Waals surface area contributed by atoms with Gasteiger partial charge in [0.2, 0.25) is 5.91 Å². The van der Waals surface area contributed by atoms with Gasteiger partial charge in [-0.25, -0.2) is 5.43 Å². The number of carbonyl (C=O) groups excluding carboxylic acids is 1. The van der Waals surface area contributed by atoms with Gasteiger partial charge in [0.05, 0.1) is 12.6 Å². The quantitative estimate of drug-likeness (QED) is 0.399. The van der Waals surface area contributed by atoms with E-state index in [1.54, 1.807) is 6.21 Å². The van der Waals surface area contributed by atoms with Gasteiger partial charge in [-0.3, -0.25) is 4.79 Å². The highest BCUT2D eigenvalue weighted by Gasteiger charge is 2.07. The van der Waals surface area contributed by atoms with E-state index in [4.69, 9.17) is 0 Å². The molecule has 0 atom stereocenters. The Kier molecular flexibility index (Phi) is 5.29. The van der Waals surface area contributed by atoms with E-state index in [1.807, 2.05) is 60.7 Å². The van der Waals surface area contributed by atoms with Crippen molar-refractivity contribution in [2.45, 2.75) is 13.0 Å². The SMILES string of the molecule is O=C(Cc1ccccc1)N/N=C/c1cn(Cc2ccccc2)c2ccccc12. The summed E-state index contributed by atoms with van der Waals surface area (Å²) in [6, 6.07) is 28.2. The van der Waals surface area contributed by atoms with E-state index in [2.05, 4.69) is 45.6 Å². The van der Waals surface area contributed by atoms with Gasteiger partial charge < -0.3 is 4.57 Å². The van der Waals surface area contributed by atoms with E-state index in [0.717, 1.165) is 28.6 Å². The molecule has 0 aliphatic rings. The Labute approximate surface area is 164 Å². The van der Waals surface area contributed by atoms with E-state index in [1.165, 1.54) is 5.56 Å². The lowest BCUT2D eigenvalue weighted by Crippen LogP contribution is -2.19. The highest BCUT2D eigenvalue weighted by molar-refractivity contribution is 5.99. The van der Waals surface area contributed by atoms with Crippen LogP contribution in [0.1, 0.15) is 16.7 Å². The summed E-state index contributed by atoms with van der Waals surface area (Å²) in [6.45, 7) is 0.787. The fourth-order valence-corrected chi connectivity index (χ4v) is 3.28. The maximum atomic E-state index is 12.1. The number of fused-ring (bicyclic) bond motifs is 1. The first-order valence-corrected chi connectivity index (χ1v) is 9.27. The summed E-state index contributed by atoms with van der Waals surface area (Å²) in [5, 5.41) is 5.28. The number of nitrogens with one attached hydrogen (secondary N) is 1. The van der Waals surface area contributed by atoms with Gasteiger partial charge in [-0.1, -0.05) is 78.9 Å². The molecule has 138 valence electrons. The maximum Gasteiger partial charge on any atom is 0.244 e. The molecule has 3 aromatic carbocycles. The van der Waals surface area contributed by atoms with Gasteiger partial charge in [-0.2, -0.15) is 5.10 Å². The highest BCUT2D eigenvalue weighted by atomic mass is 16.2. The van der Waals surface area contributed by atoms with Crippen molar-refractivity contribution in [3.63, 3.8) is 0 Å². The van der Waals surface area contributed by atoms with Gasteiger partial charge in [0.15, 0.2) is 0 Å². The van der Waals surface area contributed by atoms with Crippen molar-refractivity contribution in [3.8, 4) is 0 Å². The summed E-state index contributed by atoms with van der Waals surface area (Å²) in [7, 11) is 0. The lowest BCUT2D eigenvalue weighted by Gasteiger charge is -2.05. The molecule has 0 saturated carbocycles. The number of rotatable bonds is 6. The van der Waals surface area contributed by atoms with Gasteiger partial charge in [0, 0.05) is 29.2 Å². The molecule has 0 aliphatic carbocycles. The molecular weight excluding hydrogens is 346 g/mol. The number of hydrogen-bond donors (Lipinski definition) is 1. The third-order valence-electron chi connectivity index (χ3n) is 4.62. The minimum atomic E-state index is -0.129. The molecule has 4 aromatic rings. The standard InChI is InChI=1S/C24H21N3O/c28-24(15-19-9-3-1-4-10-19)26-25-16-21-18-27(17-20-11-5-2-6-12-20)23-14-8-7-13-22(21)23/h1-14,16,18H,15,17H2,(H,26,28)/b25-16+. The van der Waals surface area contributed by atoms with Crippen molar-refractivity contribution >= 4 is 23.0 Å². The minimum Gasteiger partial charge on any atom is -0.342 e. The monoisotopic (exact) mass is 367 g/mol. The van der Waals surface area contributed by atoms with Crippen molar-refractivity contribution in [1.82, 2.24) is 9.99 Å². The van der Waals surface area contributed by atoms with Gasteiger partial charge in [-0.05, 0) is 17.2 Å². The number of para-hydroxylation sites is 1. The molecule has 4 nitrogen and oxygen atoms in total. The zero-order valence-corrected chi connectivity index (χ0v) is 15.5. The molecule has 28 heavy (non-hydrogen) atoms. The predicted octanol–water partition coefficient (Wildman–Crippen LogP) is 4.38. The van der Waals surface area contributed by atoms with Crippen LogP contribution in [0.5, 0.6) is 0 Å². The summed E-state index contributed by atoms with van der Waals surface area (Å²) < 4.78 is 2.21. The third-order valence-corrected chi connectivity index (χ3v) is 4.62. The number of amides is 1. The summed E-state index contributed by atoms with van der Waals surface area (Å²) >= 11 is 0. The normalized spacial score (nSPS) is 11.1. The number of carbonyl (C=O) groups is 1. The highest BCUT2D eigenvalue weighted by Crippen LogP contribution is 2.21. The second kappa shape index (κ2) is 8.35. The molecule has 1 heterocycles. The summed E-state index contributed by atoms with van der Waals surface area (Å²) in [5.74, 6) is -0.129. The van der Waals surface area contributed by atoms with Crippen LogP contribution in [0.4, 0.5) is 0 Å². The maximum absolute atomic E-state index is 12.1. The molecule has 4 heteroatoms. The van der Waals surface area contributed by atoms with Crippen LogP contribution < -0.4 is 5.43 Å². The molecule has 0 spiro atoms. The first-order valence-electron chi connectivity index (χ1n) is 9.27. The number of aromatic nitrogens is 1. The van der Waals surface area contributed by atoms with Crippen LogP contribution in [0.15, 0.2) is 96.2 Å². The fourth-order valence-electron chi connectivity index (χ4n) is 3.28. The van der Waals surface area contributed by atoms with Crippen LogP contribution in [-0.4, -0.2) is 16.7 Å². The van der Waals surface area contributed by atoms with E-state index in [0.29, 0.717) is 6.42 Å². The van der Waals surface area contributed by atoms with Crippen molar-refractivity contribution in [2.24, 2.45) is 5.10 Å². The Balaban J connectivity index is 1.50. The molecule has 1 amide bonds. The molecular formula is C24H21N3O. The first kappa shape index (κ1) is 17.7. The number of hydrogen-bond acceptors (Lipinski definition) is 2. The van der Waals surface area contributed by atoms with E-state index < -0.39 is 0 Å². The number of benzene rings is 3. The van der Waals surface area contributed by atoms with Crippen molar-refractivity contribution in [2.75, 3.05) is 0 Å². The summed E-state index contributed by atoms with van der Waals surface area (Å²) in [6.07, 6.45) is 4.10. The molecule has 0 radical (unpaired) electrons. The molecule has 0 fully saturated rings. The smallest absolute Gasteiger partial charge is 0.244 e. The van der Waals surface area contributed by atoms with Crippen LogP contribution >= 0.6 is 0 Å². The number of hydrazone groups is 1. The van der Waals surface area contributed by atoms with Crippen LogP contribution in [0, 0.1) is 0 Å². The zero-order valence-electron chi connectivity index (χ0n) is 15.5. The predicted molar refractivity (Wildman–Crippen MR) is 113 cm³/mol. The van der Waals surface area contributed by atoms with E-state index in [9.17, 15) is 4.79 Å². The number of nitrogens with zero attached hydrogens (tertiary/aromatic N) is 2. The Hall–Kier alpha value is -3.66. The van der Waals surface area contributed by atoms with Gasteiger partial charge in [0.25, 0.3) is 0 Å². The van der Waals surface area contributed by atoms with Crippen molar-refractivity contribution < 1.29 is 4.79 Å². The lowest BCUT2D eigenvalue weighted by molar-refractivity contribution is -0.120. The van der Waals surface area contributed by atoms with E-state index >= 15 is 0 Å². The zero-order chi connectivity index (χ0) is 19.2. The average Bonchev–Trinajstić information content (AvgIpc) is 3.07. The first-order chi connectivity index (χ1) is 13.8. The minimum absolute atomic E-state index is 0.129.